The van der Waals surface area contributed by atoms with E-state index in [0.717, 1.165) is 38.8 Å². The Morgan fingerprint density at radius 2 is 2.00 bits per heavy atom. The minimum absolute atomic E-state index is 0.0475. The van der Waals surface area contributed by atoms with Gasteiger partial charge in [0.1, 0.15) is 0 Å². The second kappa shape index (κ2) is 5.57. The van der Waals surface area contributed by atoms with Crippen LogP contribution in [0.4, 0.5) is 0 Å². The van der Waals surface area contributed by atoms with Gasteiger partial charge in [0, 0.05) is 18.5 Å². The summed E-state index contributed by atoms with van der Waals surface area (Å²) in [6.07, 6.45) is 6.45. The third kappa shape index (κ3) is 2.86. The van der Waals surface area contributed by atoms with Crippen LogP contribution in [-0.4, -0.2) is 37.3 Å². The third-order valence-corrected chi connectivity index (χ3v) is 4.77. The van der Waals surface area contributed by atoms with Gasteiger partial charge in [-0.3, -0.25) is 4.79 Å². The summed E-state index contributed by atoms with van der Waals surface area (Å²) >= 11 is 0. The first-order chi connectivity index (χ1) is 8.60. The Balaban J connectivity index is 1.87. The molecule has 1 aliphatic heterocycles. The zero-order valence-corrected chi connectivity index (χ0v) is 11.4. The predicted molar refractivity (Wildman–Crippen MR) is 71.2 cm³/mol. The Bertz CT molecular complexity index is 292. The van der Waals surface area contributed by atoms with Crippen molar-refractivity contribution >= 4 is 5.91 Å². The van der Waals surface area contributed by atoms with Gasteiger partial charge in [-0.25, -0.2) is 0 Å². The van der Waals surface area contributed by atoms with Crippen LogP contribution in [0.5, 0.6) is 0 Å². The van der Waals surface area contributed by atoms with Crippen molar-refractivity contribution in [2.45, 2.75) is 45.4 Å². The van der Waals surface area contributed by atoms with Gasteiger partial charge in [-0.15, -0.1) is 0 Å². The fraction of sp³-hybridized carbons (Fsp3) is 0.929. The lowest BCUT2D eigenvalue weighted by Crippen LogP contribution is -2.51. The quantitative estimate of drug-likeness (QED) is 0.702. The number of amides is 1. The number of aliphatic hydroxyl groups excluding tert-OH is 1. The zero-order valence-electron chi connectivity index (χ0n) is 11.4. The number of nitrogens with one attached hydrogen (secondary N) is 2. The summed E-state index contributed by atoms with van der Waals surface area (Å²) in [5.41, 5.74) is -0.318. The van der Waals surface area contributed by atoms with Crippen LogP contribution in [0.25, 0.3) is 0 Å². The van der Waals surface area contributed by atoms with E-state index in [4.69, 9.17) is 0 Å². The van der Waals surface area contributed by atoms with Crippen molar-refractivity contribution in [3.05, 3.63) is 0 Å². The molecule has 2 rings (SSSR count). The Morgan fingerprint density at radius 3 is 2.56 bits per heavy atom. The lowest BCUT2D eigenvalue weighted by Gasteiger charge is -2.34. The molecule has 1 saturated carbocycles. The van der Waals surface area contributed by atoms with Crippen molar-refractivity contribution < 1.29 is 9.90 Å². The van der Waals surface area contributed by atoms with E-state index < -0.39 is 0 Å². The number of aliphatic hydroxyl groups is 1. The number of carbonyl (C=O) groups is 1. The predicted octanol–water partition coefficient (Wildman–Crippen LogP) is 1.04. The van der Waals surface area contributed by atoms with Gasteiger partial charge in [0.2, 0.25) is 5.91 Å². The molecule has 18 heavy (non-hydrogen) atoms. The first-order valence-corrected chi connectivity index (χ1v) is 7.20. The molecular weight excluding hydrogens is 228 g/mol. The standard InChI is InChI=1S/C14H26N2O2/c1-13(5-4-8-15-9-13)12(18)16-10-14(11-17)6-2-3-7-14/h15,17H,2-11H2,1H3,(H,16,18). The van der Waals surface area contributed by atoms with Crippen LogP contribution in [0, 0.1) is 10.8 Å². The smallest absolute Gasteiger partial charge is 0.227 e. The summed E-state index contributed by atoms with van der Waals surface area (Å²) in [6.45, 7) is 4.66. The lowest BCUT2D eigenvalue weighted by atomic mass is 9.81. The molecule has 4 nitrogen and oxygen atoms in total. The summed E-state index contributed by atoms with van der Waals surface area (Å²) in [4.78, 5) is 12.3. The molecule has 4 heteroatoms. The molecule has 1 aliphatic carbocycles. The summed E-state index contributed by atoms with van der Waals surface area (Å²) in [5, 5.41) is 15.9. The van der Waals surface area contributed by atoms with Crippen LogP contribution in [-0.2, 0) is 4.79 Å². The molecule has 1 heterocycles. The molecule has 2 aliphatic rings. The van der Waals surface area contributed by atoms with E-state index in [9.17, 15) is 9.90 Å². The lowest BCUT2D eigenvalue weighted by molar-refractivity contribution is -0.131. The van der Waals surface area contributed by atoms with Crippen LogP contribution in [0.2, 0.25) is 0 Å². The van der Waals surface area contributed by atoms with Crippen LogP contribution >= 0.6 is 0 Å². The molecule has 0 bridgehead atoms. The Labute approximate surface area is 110 Å². The highest BCUT2D eigenvalue weighted by Gasteiger charge is 2.38. The highest BCUT2D eigenvalue weighted by molar-refractivity contribution is 5.82. The summed E-state index contributed by atoms with van der Waals surface area (Å²) < 4.78 is 0. The largest absolute Gasteiger partial charge is 0.396 e. The maximum atomic E-state index is 12.3. The number of hydrogen-bond acceptors (Lipinski definition) is 3. The third-order valence-electron chi connectivity index (χ3n) is 4.77. The molecule has 2 fully saturated rings. The maximum absolute atomic E-state index is 12.3. The monoisotopic (exact) mass is 254 g/mol. The van der Waals surface area contributed by atoms with Crippen LogP contribution < -0.4 is 10.6 Å². The van der Waals surface area contributed by atoms with Gasteiger partial charge in [0.05, 0.1) is 12.0 Å². The molecular formula is C14H26N2O2. The van der Waals surface area contributed by atoms with E-state index in [-0.39, 0.29) is 23.3 Å². The molecule has 0 radical (unpaired) electrons. The first-order valence-electron chi connectivity index (χ1n) is 7.20. The molecule has 0 aromatic rings. The van der Waals surface area contributed by atoms with E-state index in [1.807, 2.05) is 6.92 Å². The molecule has 0 spiro atoms. The highest BCUT2D eigenvalue weighted by atomic mass is 16.3. The summed E-state index contributed by atoms with van der Waals surface area (Å²) in [7, 11) is 0. The van der Waals surface area contributed by atoms with Crippen LogP contribution in [0.15, 0.2) is 0 Å². The van der Waals surface area contributed by atoms with Crippen molar-refractivity contribution in [3.63, 3.8) is 0 Å². The molecule has 1 saturated heterocycles. The zero-order chi connectivity index (χ0) is 13.1. The maximum Gasteiger partial charge on any atom is 0.227 e. The molecule has 3 N–H and O–H groups in total. The van der Waals surface area contributed by atoms with E-state index in [2.05, 4.69) is 10.6 Å². The number of rotatable bonds is 4. The second-order valence-electron chi connectivity index (χ2n) is 6.39. The average molecular weight is 254 g/mol. The normalized spacial score (nSPS) is 31.2. The molecule has 0 aromatic carbocycles. The van der Waals surface area contributed by atoms with Gasteiger partial charge >= 0.3 is 0 Å². The SMILES string of the molecule is CC1(C(=O)NCC2(CO)CCCC2)CCCNC1. The van der Waals surface area contributed by atoms with E-state index >= 15 is 0 Å². The Kier molecular flexibility index (Phi) is 4.28. The Morgan fingerprint density at radius 1 is 1.28 bits per heavy atom. The molecule has 0 aromatic heterocycles. The van der Waals surface area contributed by atoms with E-state index in [1.165, 1.54) is 12.8 Å². The molecule has 1 amide bonds. The summed E-state index contributed by atoms with van der Waals surface area (Å²) in [5.74, 6) is 0.148. The fourth-order valence-corrected chi connectivity index (χ4v) is 3.25. The van der Waals surface area contributed by atoms with Gasteiger partial charge in [-0.05, 0) is 39.2 Å². The molecule has 1 unspecified atom stereocenters. The van der Waals surface area contributed by atoms with Crippen molar-refractivity contribution in [3.8, 4) is 0 Å². The minimum Gasteiger partial charge on any atom is -0.396 e. The van der Waals surface area contributed by atoms with Gasteiger partial charge in [0.25, 0.3) is 0 Å². The van der Waals surface area contributed by atoms with Gasteiger partial charge < -0.3 is 15.7 Å². The number of piperidine rings is 1. The fourth-order valence-electron chi connectivity index (χ4n) is 3.25. The molecule has 104 valence electrons. The van der Waals surface area contributed by atoms with Gasteiger partial charge in [-0.1, -0.05) is 12.8 Å². The van der Waals surface area contributed by atoms with Crippen LogP contribution in [0.1, 0.15) is 45.4 Å². The van der Waals surface area contributed by atoms with E-state index in [1.54, 1.807) is 0 Å². The highest BCUT2D eigenvalue weighted by Crippen LogP contribution is 2.37. The van der Waals surface area contributed by atoms with Crippen molar-refractivity contribution in [2.24, 2.45) is 10.8 Å². The number of carbonyl (C=O) groups excluding carboxylic acids is 1. The Hall–Kier alpha value is -0.610. The van der Waals surface area contributed by atoms with Crippen molar-refractivity contribution in [2.75, 3.05) is 26.2 Å². The van der Waals surface area contributed by atoms with Crippen molar-refractivity contribution in [1.82, 2.24) is 10.6 Å². The average Bonchev–Trinajstić information content (AvgIpc) is 2.86. The van der Waals surface area contributed by atoms with E-state index in [0.29, 0.717) is 6.54 Å². The van der Waals surface area contributed by atoms with Gasteiger partial charge in [0.15, 0.2) is 0 Å². The van der Waals surface area contributed by atoms with Crippen LogP contribution in [0.3, 0.4) is 0 Å². The number of hydrogen-bond donors (Lipinski definition) is 3. The minimum atomic E-state index is -0.270. The van der Waals surface area contributed by atoms with Crippen molar-refractivity contribution in [1.29, 1.82) is 0 Å². The second-order valence-corrected chi connectivity index (χ2v) is 6.39. The van der Waals surface area contributed by atoms with Gasteiger partial charge in [-0.2, -0.15) is 0 Å². The topological polar surface area (TPSA) is 61.4 Å². The summed E-state index contributed by atoms with van der Waals surface area (Å²) in [6, 6.07) is 0. The molecule has 1 atom stereocenters. The first kappa shape index (κ1) is 13.8.